The van der Waals surface area contributed by atoms with Crippen LogP contribution in [-0.2, 0) is 14.3 Å². The predicted molar refractivity (Wildman–Crippen MR) is 188 cm³/mol. The summed E-state index contributed by atoms with van der Waals surface area (Å²) in [5.41, 5.74) is 2.67. The van der Waals surface area contributed by atoms with Crippen molar-refractivity contribution in [3.8, 4) is 0 Å². The highest BCUT2D eigenvalue weighted by Gasteiger charge is 2.39. The van der Waals surface area contributed by atoms with Crippen molar-refractivity contribution in [3.63, 3.8) is 0 Å². The van der Waals surface area contributed by atoms with Crippen molar-refractivity contribution in [1.29, 1.82) is 0 Å². The Balaban J connectivity index is 2.12. The third kappa shape index (κ3) is 10.8. The highest BCUT2D eigenvalue weighted by molar-refractivity contribution is 7.98. The van der Waals surface area contributed by atoms with E-state index in [0.29, 0.717) is 30.2 Å². The Labute approximate surface area is 273 Å². The van der Waals surface area contributed by atoms with Gasteiger partial charge in [0.1, 0.15) is 17.7 Å². The van der Waals surface area contributed by atoms with Gasteiger partial charge in [-0.1, -0.05) is 73.5 Å². The maximum atomic E-state index is 14.7. The van der Waals surface area contributed by atoms with Crippen LogP contribution in [0.25, 0.3) is 10.8 Å². The van der Waals surface area contributed by atoms with Crippen LogP contribution in [0.4, 0.5) is 10.5 Å². The molecule has 3 rings (SSSR count). The highest BCUT2D eigenvalue weighted by Crippen LogP contribution is 2.31. The largest absolute Gasteiger partial charge is 0.444 e. The zero-order valence-corrected chi connectivity index (χ0v) is 29.2. The first-order valence-corrected chi connectivity index (χ1v) is 17.3. The number of anilines is 1. The van der Waals surface area contributed by atoms with Gasteiger partial charge in [0.15, 0.2) is 0 Å². The molecular weight excluding hydrogens is 582 g/mol. The van der Waals surface area contributed by atoms with Crippen molar-refractivity contribution in [2.75, 3.05) is 17.3 Å². The van der Waals surface area contributed by atoms with E-state index in [1.54, 1.807) is 37.4 Å². The van der Waals surface area contributed by atoms with E-state index >= 15 is 0 Å². The number of rotatable bonds is 13. The smallest absolute Gasteiger partial charge is 0.408 e. The molecule has 0 spiro atoms. The molecule has 0 aliphatic rings. The lowest BCUT2D eigenvalue weighted by atomic mass is 9.95. The van der Waals surface area contributed by atoms with Gasteiger partial charge in [0.05, 0.1) is 0 Å². The van der Waals surface area contributed by atoms with Crippen molar-refractivity contribution < 1.29 is 19.1 Å². The third-order valence-corrected chi connectivity index (χ3v) is 8.24. The molecule has 2 N–H and O–H groups in total. The fourth-order valence-corrected chi connectivity index (χ4v) is 5.99. The van der Waals surface area contributed by atoms with E-state index in [9.17, 15) is 14.4 Å². The molecule has 244 valence electrons. The molecule has 7 nitrogen and oxygen atoms in total. The second-order valence-electron chi connectivity index (χ2n) is 13.4. The van der Waals surface area contributed by atoms with Gasteiger partial charge in [0.2, 0.25) is 5.91 Å². The second-order valence-corrected chi connectivity index (χ2v) is 14.4. The van der Waals surface area contributed by atoms with E-state index in [1.165, 1.54) is 0 Å². The van der Waals surface area contributed by atoms with Crippen molar-refractivity contribution in [1.82, 2.24) is 10.2 Å². The Morgan fingerprint density at radius 3 is 2.11 bits per heavy atom. The summed E-state index contributed by atoms with van der Waals surface area (Å²) in [6.45, 7) is 15.7. The van der Waals surface area contributed by atoms with Crippen molar-refractivity contribution in [2.45, 2.75) is 98.4 Å². The van der Waals surface area contributed by atoms with Crippen LogP contribution >= 0.6 is 11.8 Å². The van der Waals surface area contributed by atoms with Crippen molar-refractivity contribution >= 4 is 46.1 Å². The zero-order valence-electron chi connectivity index (χ0n) is 28.4. The lowest BCUT2D eigenvalue weighted by molar-refractivity contribution is -0.143. The zero-order chi connectivity index (χ0) is 33.3. The van der Waals surface area contributed by atoms with Gasteiger partial charge in [-0.05, 0) is 107 Å². The number of aryl methyl sites for hydroxylation is 2. The molecule has 0 saturated heterocycles. The minimum atomic E-state index is -0.929. The fourth-order valence-electron chi connectivity index (χ4n) is 5.52. The highest BCUT2D eigenvalue weighted by atomic mass is 32.2. The SMILES string of the molecule is CSCCC(NC(=O)OC(C)(C)C)C(=O)N(C(C)CCC(C)C)C(C(=O)Nc1ccc2ccccc2c1)c1cc(C)cc(C)c1. The lowest BCUT2D eigenvalue weighted by Crippen LogP contribution is -2.55. The number of carbonyl (C=O) groups is 3. The van der Waals surface area contributed by atoms with Gasteiger partial charge in [-0.2, -0.15) is 11.8 Å². The summed E-state index contributed by atoms with van der Waals surface area (Å²) in [6, 6.07) is 17.7. The number of hydrogen-bond donors (Lipinski definition) is 2. The molecule has 0 aliphatic heterocycles. The molecule has 3 aromatic carbocycles. The summed E-state index contributed by atoms with van der Waals surface area (Å²) in [5, 5.41) is 8.06. The van der Waals surface area contributed by atoms with Crippen LogP contribution in [0.3, 0.4) is 0 Å². The molecule has 3 atom stereocenters. The molecule has 3 unspecified atom stereocenters. The summed E-state index contributed by atoms with van der Waals surface area (Å²) in [4.78, 5) is 43.9. The summed E-state index contributed by atoms with van der Waals surface area (Å²) in [5.74, 6) is 0.463. The van der Waals surface area contributed by atoms with Gasteiger partial charge in [-0.25, -0.2) is 4.79 Å². The van der Waals surface area contributed by atoms with Crippen LogP contribution in [0.15, 0.2) is 60.7 Å². The Morgan fingerprint density at radius 2 is 1.51 bits per heavy atom. The maximum absolute atomic E-state index is 14.7. The van der Waals surface area contributed by atoms with Gasteiger partial charge < -0.3 is 20.3 Å². The van der Waals surface area contributed by atoms with Crippen LogP contribution in [0.5, 0.6) is 0 Å². The summed E-state index contributed by atoms with van der Waals surface area (Å²) in [6.07, 6.45) is 3.30. The van der Waals surface area contributed by atoms with Gasteiger partial charge >= 0.3 is 6.09 Å². The van der Waals surface area contributed by atoms with Crippen LogP contribution in [0.2, 0.25) is 0 Å². The van der Waals surface area contributed by atoms with Gasteiger partial charge in [0, 0.05) is 11.7 Å². The van der Waals surface area contributed by atoms with Crippen LogP contribution in [-0.4, -0.2) is 52.5 Å². The van der Waals surface area contributed by atoms with E-state index in [0.717, 1.165) is 33.9 Å². The Hall–Kier alpha value is -3.52. The van der Waals surface area contributed by atoms with E-state index < -0.39 is 23.8 Å². The number of nitrogens with one attached hydrogen (secondary N) is 2. The molecule has 0 fully saturated rings. The number of benzene rings is 3. The normalized spacial score (nSPS) is 13.6. The van der Waals surface area contributed by atoms with Gasteiger partial charge in [-0.3, -0.25) is 9.59 Å². The van der Waals surface area contributed by atoms with Crippen molar-refractivity contribution in [2.24, 2.45) is 5.92 Å². The number of fused-ring (bicyclic) bond motifs is 1. The maximum Gasteiger partial charge on any atom is 0.408 e. The van der Waals surface area contributed by atoms with Crippen molar-refractivity contribution in [3.05, 3.63) is 77.4 Å². The van der Waals surface area contributed by atoms with Gasteiger partial charge in [-0.15, -0.1) is 0 Å². The average molecular weight is 634 g/mol. The number of nitrogens with zero attached hydrogens (tertiary/aromatic N) is 1. The fraction of sp³-hybridized carbons (Fsp3) is 0.486. The monoisotopic (exact) mass is 633 g/mol. The first kappa shape index (κ1) is 36.0. The minimum absolute atomic E-state index is 0.287. The molecule has 0 bridgehead atoms. The molecule has 45 heavy (non-hydrogen) atoms. The number of alkyl carbamates (subject to hydrolysis) is 1. The third-order valence-electron chi connectivity index (χ3n) is 7.59. The number of thioether (sulfide) groups is 1. The quantitative estimate of drug-likeness (QED) is 0.197. The molecule has 0 aromatic heterocycles. The molecule has 0 aliphatic carbocycles. The summed E-state index contributed by atoms with van der Waals surface area (Å²) < 4.78 is 5.55. The summed E-state index contributed by atoms with van der Waals surface area (Å²) in [7, 11) is 0. The van der Waals surface area contributed by atoms with Crippen LogP contribution in [0.1, 0.15) is 83.5 Å². The minimum Gasteiger partial charge on any atom is -0.444 e. The first-order chi connectivity index (χ1) is 21.2. The molecule has 3 aromatic rings. The lowest BCUT2D eigenvalue weighted by Gasteiger charge is -2.39. The molecule has 8 heteroatoms. The topological polar surface area (TPSA) is 87.7 Å². The van der Waals surface area contributed by atoms with E-state index in [-0.39, 0.29) is 17.9 Å². The standard InChI is InChI=1S/C37H51N3O4S/c1-24(2)14-15-27(5)40(35(42)32(18-19-45-9)39-36(43)44-37(6,7)8)33(30-21-25(3)20-26(4)22-30)34(41)38-31-17-16-28-12-10-11-13-29(28)23-31/h10-13,16-17,20-24,27,32-33H,14-15,18-19H2,1-9H3,(H,38,41)(H,39,43). The molecular formula is C37H51N3O4S. The van der Waals surface area contributed by atoms with E-state index in [4.69, 9.17) is 4.74 Å². The number of amides is 3. The Kier molecular flexibility index (Phi) is 12.9. The van der Waals surface area contributed by atoms with Crippen LogP contribution < -0.4 is 10.6 Å². The molecule has 0 radical (unpaired) electrons. The van der Waals surface area contributed by atoms with Crippen LogP contribution in [0, 0.1) is 19.8 Å². The predicted octanol–water partition coefficient (Wildman–Crippen LogP) is 8.44. The molecule has 0 saturated carbocycles. The van der Waals surface area contributed by atoms with E-state index in [2.05, 4.69) is 30.5 Å². The molecule has 0 heterocycles. The van der Waals surface area contributed by atoms with Gasteiger partial charge in [0.25, 0.3) is 5.91 Å². The molecule has 3 amide bonds. The number of ether oxygens (including phenoxy) is 1. The Morgan fingerprint density at radius 1 is 0.867 bits per heavy atom. The summed E-state index contributed by atoms with van der Waals surface area (Å²) >= 11 is 1.60. The number of hydrogen-bond acceptors (Lipinski definition) is 5. The first-order valence-electron chi connectivity index (χ1n) is 15.9. The van der Waals surface area contributed by atoms with E-state index in [1.807, 2.05) is 81.6 Å². The number of carbonyl (C=O) groups excluding carboxylic acids is 3. The Bertz CT molecular complexity index is 1450. The second kappa shape index (κ2) is 16.2. The average Bonchev–Trinajstić information content (AvgIpc) is 2.94.